The number of carboxylic acids is 1. The Hall–Kier alpha value is -1.62. The van der Waals surface area contributed by atoms with Crippen LogP contribution in [0.5, 0.6) is 0 Å². The van der Waals surface area contributed by atoms with Gasteiger partial charge in [0.2, 0.25) is 0 Å². The molecule has 2 aliphatic carbocycles. The van der Waals surface area contributed by atoms with Crippen molar-refractivity contribution in [3.8, 4) is 0 Å². The second-order valence-electron chi connectivity index (χ2n) is 6.91. The Labute approximate surface area is 137 Å². The van der Waals surface area contributed by atoms with Crippen molar-refractivity contribution in [1.82, 2.24) is 0 Å². The highest BCUT2D eigenvalue weighted by Crippen LogP contribution is 2.53. The first-order valence-corrected chi connectivity index (χ1v) is 8.03. The van der Waals surface area contributed by atoms with Crippen molar-refractivity contribution in [1.29, 1.82) is 0 Å². The molecule has 1 fully saturated rings. The number of carbonyl (C=O) groups is 2. The topological polar surface area (TPSA) is 72.8 Å². The predicted molar refractivity (Wildman–Crippen MR) is 85.9 cm³/mol. The lowest BCUT2D eigenvalue weighted by molar-refractivity contribution is -0.155. The summed E-state index contributed by atoms with van der Waals surface area (Å²) in [6.07, 6.45) is 2.62. The molecule has 0 aromatic heterocycles. The first-order chi connectivity index (χ1) is 10.7. The summed E-state index contributed by atoms with van der Waals surface area (Å²) in [7, 11) is 1.69. The molecular weight excluding hydrogens is 296 g/mol. The Morgan fingerprint density at radius 1 is 1.39 bits per heavy atom. The van der Waals surface area contributed by atoms with Crippen molar-refractivity contribution in [3.63, 3.8) is 0 Å². The van der Waals surface area contributed by atoms with Gasteiger partial charge in [-0.05, 0) is 44.1 Å². The summed E-state index contributed by atoms with van der Waals surface area (Å²) in [5, 5.41) is 9.28. The van der Waals surface area contributed by atoms with Crippen LogP contribution in [0.15, 0.2) is 23.3 Å². The molecule has 0 saturated heterocycles. The van der Waals surface area contributed by atoms with Crippen molar-refractivity contribution >= 4 is 11.9 Å². The molecule has 4 atom stereocenters. The van der Waals surface area contributed by atoms with Crippen molar-refractivity contribution in [2.24, 2.45) is 11.3 Å². The Balaban J connectivity index is 2.44. The van der Waals surface area contributed by atoms with Crippen LogP contribution in [0.4, 0.5) is 0 Å². The molecule has 0 aliphatic heterocycles. The van der Waals surface area contributed by atoms with Crippen molar-refractivity contribution in [2.75, 3.05) is 7.11 Å². The summed E-state index contributed by atoms with van der Waals surface area (Å²) in [6, 6.07) is 0. The number of hydrogen-bond donors (Lipinski definition) is 1. The number of fused-ring (bicyclic) bond motifs is 1. The van der Waals surface area contributed by atoms with Gasteiger partial charge in [-0.2, -0.15) is 0 Å². The molecule has 0 aromatic carbocycles. The average molecular weight is 322 g/mol. The highest BCUT2D eigenvalue weighted by Gasteiger charge is 2.49. The van der Waals surface area contributed by atoms with Crippen LogP contribution in [0.2, 0.25) is 0 Å². The van der Waals surface area contributed by atoms with Gasteiger partial charge in [-0.15, -0.1) is 0 Å². The fourth-order valence-corrected chi connectivity index (χ4v) is 4.15. The van der Waals surface area contributed by atoms with Crippen LogP contribution in [-0.4, -0.2) is 36.4 Å². The lowest BCUT2D eigenvalue weighted by Gasteiger charge is -2.50. The van der Waals surface area contributed by atoms with Gasteiger partial charge in [-0.25, -0.2) is 4.79 Å². The number of carbonyl (C=O) groups excluding carboxylic acids is 1. The molecule has 5 nitrogen and oxygen atoms in total. The smallest absolute Gasteiger partial charge is 0.331 e. The molecule has 1 saturated carbocycles. The van der Waals surface area contributed by atoms with Crippen LogP contribution >= 0.6 is 0 Å². The van der Waals surface area contributed by atoms with Crippen LogP contribution in [0.3, 0.4) is 0 Å². The lowest BCUT2D eigenvalue weighted by Crippen LogP contribution is -2.47. The quantitative estimate of drug-likeness (QED) is 0.489. The monoisotopic (exact) mass is 322 g/mol. The third kappa shape index (κ3) is 3.20. The lowest BCUT2D eigenvalue weighted by atomic mass is 9.58. The minimum Gasteiger partial charge on any atom is -0.478 e. The van der Waals surface area contributed by atoms with Gasteiger partial charge in [0.25, 0.3) is 0 Å². The van der Waals surface area contributed by atoms with Crippen LogP contribution < -0.4 is 0 Å². The molecule has 0 radical (unpaired) electrons. The molecule has 0 unspecified atom stereocenters. The molecule has 128 valence electrons. The third-order valence-corrected chi connectivity index (χ3v) is 5.59. The van der Waals surface area contributed by atoms with E-state index >= 15 is 0 Å². The summed E-state index contributed by atoms with van der Waals surface area (Å²) < 4.78 is 11.1. The maximum Gasteiger partial charge on any atom is 0.331 e. The maximum absolute atomic E-state index is 11.5. The first-order valence-electron chi connectivity index (χ1n) is 8.03. The molecule has 5 heteroatoms. The van der Waals surface area contributed by atoms with E-state index in [4.69, 9.17) is 9.47 Å². The molecule has 2 aliphatic rings. The molecular formula is C18H26O5. The van der Waals surface area contributed by atoms with E-state index < -0.39 is 5.97 Å². The number of carboxylic acid groups (broad SMARTS) is 1. The Morgan fingerprint density at radius 2 is 2.04 bits per heavy atom. The van der Waals surface area contributed by atoms with E-state index in [0.717, 1.165) is 18.4 Å². The van der Waals surface area contributed by atoms with Gasteiger partial charge in [0, 0.05) is 25.0 Å². The van der Waals surface area contributed by atoms with Crippen molar-refractivity contribution < 1.29 is 24.2 Å². The molecule has 0 spiro atoms. The summed E-state index contributed by atoms with van der Waals surface area (Å²) >= 11 is 0. The number of hydrogen-bond acceptors (Lipinski definition) is 4. The number of esters is 1. The van der Waals surface area contributed by atoms with Gasteiger partial charge in [-0.3, -0.25) is 4.79 Å². The number of aliphatic carboxylic acids is 1. The van der Waals surface area contributed by atoms with Gasteiger partial charge in [-0.1, -0.05) is 19.1 Å². The average Bonchev–Trinajstić information content (AvgIpc) is 2.47. The van der Waals surface area contributed by atoms with E-state index in [1.54, 1.807) is 7.11 Å². The molecule has 0 aromatic rings. The highest BCUT2D eigenvalue weighted by atomic mass is 16.5. The third-order valence-electron chi connectivity index (χ3n) is 5.59. The van der Waals surface area contributed by atoms with E-state index in [0.29, 0.717) is 12.8 Å². The summed E-state index contributed by atoms with van der Waals surface area (Å²) in [4.78, 5) is 22.9. The summed E-state index contributed by atoms with van der Waals surface area (Å²) in [6.45, 7) is 9.28. The standard InChI is InChI=1S/C18H26O5/c1-10(17(20)21)13-8-14-11(2)15(22-5)6-7-18(14,4)16(9-13)23-12(3)19/h13,15-16H,1,6-9H2,2-5H3,(H,20,21)/t13-,15+,16-,18-/m0/s1. The van der Waals surface area contributed by atoms with Crippen molar-refractivity contribution in [2.45, 2.75) is 58.7 Å². The number of methoxy groups -OCH3 is 1. The van der Waals surface area contributed by atoms with Gasteiger partial charge in [0.05, 0.1) is 6.10 Å². The number of rotatable bonds is 4. The second-order valence-corrected chi connectivity index (χ2v) is 6.91. The minimum atomic E-state index is -0.988. The zero-order valence-corrected chi connectivity index (χ0v) is 14.3. The van der Waals surface area contributed by atoms with E-state index in [1.165, 1.54) is 12.5 Å². The van der Waals surface area contributed by atoms with E-state index in [2.05, 4.69) is 13.5 Å². The van der Waals surface area contributed by atoms with Gasteiger partial charge in [0.1, 0.15) is 6.10 Å². The normalized spacial score (nSPS) is 33.8. The Kier molecular flexibility index (Phi) is 4.99. The largest absolute Gasteiger partial charge is 0.478 e. The SMILES string of the molecule is C=C(C(=O)O)[C@H]1CC2=C(C)[C@H](OC)CC[C@]2(C)[C@@H](OC(C)=O)C1. The van der Waals surface area contributed by atoms with E-state index in [-0.39, 0.29) is 35.1 Å². The fraction of sp³-hybridized carbons (Fsp3) is 0.667. The van der Waals surface area contributed by atoms with E-state index in [1.807, 2.05) is 6.92 Å². The van der Waals surface area contributed by atoms with E-state index in [9.17, 15) is 14.7 Å². The zero-order valence-electron chi connectivity index (χ0n) is 14.3. The number of ether oxygens (including phenoxy) is 2. The molecule has 0 amide bonds. The van der Waals surface area contributed by atoms with Crippen LogP contribution in [-0.2, 0) is 19.1 Å². The maximum atomic E-state index is 11.5. The molecule has 0 heterocycles. The molecule has 1 N–H and O–H groups in total. The van der Waals surface area contributed by atoms with Crippen molar-refractivity contribution in [3.05, 3.63) is 23.3 Å². The fourth-order valence-electron chi connectivity index (χ4n) is 4.15. The Morgan fingerprint density at radius 3 is 2.57 bits per heavy atom. The van der Waals surface area contributed by atoms with Crippen LogP contribution in [0.25, 0.3) is 0 Å². The molecule has 23 heavy (non-hydrogen) atoms. The molecule has 0 bridgehead atoms. The van der Waals surface area contributed by atoms with Gasteiger partial charge in [0.15, 0.2) is 0 Å². The zero-order chi connectivity index (χ0) is 17.4. The second kappa shape index (κ2) is 6.48. The molecule has 2 rings (SSSR count). The Bertz CT molecular complexity index is 562. The summed E-state index contributed by atoms with van der Waals surface area (Å²) in [5.74, 6) is -1.54. The minimum absolute atomic E-state index is 0.0490. The predicted octanol–water partition coefficient (Wildman–Crippen LogP) is 3.10. The first kappa shape index (κ1) is 17.7. The summed E-state index contributed by atoms with van der Waals surface area (Å²) in [5.41, 5.74) is 2.24. The van der Waals surface area contributed by atoms with Gasteiger partial charge < -0.3 is 14.6 Å². The van der Waals surface area contributed by atoms with Crippen LogP contribution in [0, 0.1) is 11.3 Å². The van der Waals surface area contributed by atoms with Crippen LogP contribution in [0.1, 0.15) is 46.5 Å². The van der Waals surface area contributed by atoms with Gasteiger partial charge >= 0.3 is 11.9 Å². The highest BCUT2D eigenvalue weighted by molar-refractivity contribution is 5.86.